The molecular weight excluding hydrogens is 401 g/mol. The van der Waals surface area contributed by atoms with Crippen molar-refractivity contribution in [2.75, 3.05) is 23.9 Å². The number of carbonyl (C=O) groups is 1. The summed E-state index contributed by atoms with van der Waals surface area (Å²) in [5.74, 6) is 1.30. The van der Waals surface area contributed by atoms with Gasteiger partial charge >= 0.3 is 6.18 Å². The second kappa shape index (κ2) is 7.53. The zero-order valence-electron chi connectivity index (χ0n) is 16.9. The Morgan fingerprint density at radius 1 is 1.33 bits per heavy atom. The van der Waals surface area contributed by atoms with Crippen LogP contribution in [0.1, 0.15) is 30.6 Å². The molecule has 2 aromatic heterocycles. The number of nitrogens with zero attached hydrogens (tertiary/aromatic N) is 5. The monoisotopic (exact) mass is 424 g/mol. The second-order valence-corrected chi connectivity index (χ2v) is 7.86. The minimum absolute atomic E-state index is 0.0503. The summed E-state index contributed by atoms with van der Waals surface area (Å²) in [6, 6.07) is 0.627. The Hall–Kier alpha value is -2.69. The molecule has 4 heterocycles. The van der Waals surface area contributed by atoms with Crippen molar-refractivity contribution in [1.82, 2.24) is 19.7 Å². The summed E-state index contributed by atoms with van der Waals surface area (Å²) in [5.41, 5.74) is 0.523. The fourth-order valence-electron chi connectivity index (χ4n) is 3.91. The standard InChI is InChI=1S/C19H23F3N6O2/c1-10-16-17(27(3)11(2)18(29)26-16)25-15(24-10)7-12-6-13(30-9-12)8-28-14(4-5-23-28)19(20,21)22/h4-5,11-13H,6-9H2,1-3H3,(H,26,29)/t11-,12-,13+/m0/s1. The lowest BCUT2D eigenvalue weighted by Crippen LogP contribution is -2.45. The smallest absolute Gasteiger partial charge is 0.376 e. The summed E-state index contributed by atoms with van der Waals surface area (Å²) in [7, 11) is 1.81. The number of likely N-dealkylation sites (N-methyl/N-ethyl adjacent to an activating group) is 1. The number of anilines is 2. The predicted molar refractivity (Wildman–Crippen MR) is 102 cm³/mol. The van der Waals surface area contributed by atoms with Crippen LogP contribution in [0.2, 0.25) is 0 Å². The average Bonchev–Trinajstić information content (AvgIpc) is 3.31. The van der Waals surface area contributed by atoms with Gasteiger partial charge in [0.1, 0.15) is 23.2 Å². The molecule has 0 aliphatic carbocycles. The SMILES string of the molecule is Cc1nc(C[C@H]2CO[C@@H](Cn3nccc3C(F)(F)F)C2)nc2c1NC(=O)[C@H](C)N2C. The summed E-state index contributed by atoms with van der Waals surface area (Å²) in [6.07, 6.45) is -2.50. The number of hydrogen-bond acceptors (Lipinski definition) is 6. The number of ether oxygens (including phenoxy) is 1. The summed E-state index contributed by atoms with van der Waals surface area (Å²) >= 11 is 0. The van der Waals surface area contributed by atoms with Crippen LogP contribution >= 0.6 is 0 Å². The molecule has 30 heavy (non-hydrogen) atoms. The first kappa shape index (κ1) is 20.6. The number of amides is 1. The number of nitrogens with one attached hydrogen (secondary N) is 1. The summed E-state index contributed by atoms with van der Waals surface area (Å²) in [6.45, 7) is 4.10. The number of aryl methyl sites for hydroxylation is 1. The van der Waals surface area contributed by atoms with Gasteiger partial charge in [-0.15, -0.1) is 0 Å². The highest BCUT2D eigenvalue weighted by Crippen LogP contribution is 2.33. The largest absolute Gasteiger partial charge is 0.433 e. The van der Waals surface area contributed by atoms with Crippen LogP contribution in [0.4, 0.5) is 24.7 Å². The van der Waals surface area contributed by atoms with Crippen LogP contribution in [0.5, 0.6) is 0 Å². The van der Waals surface area contributed by atoms with Crippen LogP contribution in [0.3, 0.4) is 0 Å². The van der Waals surface area contributed by atoms with Crippen LogP contribution in [-0.4, -0.2) is 51.5 Å². The third-order valence-corrected chi connectivity index (χ3v) is 5.68. The van der Waals surface area contributed by atoms with E-state index in [9.17, 15) is 18.0 Å². The van der Waals surface area contributed by atoms with Gasteiger partial charge in [0.2, 0.25) is 5.91 Å². The molecule has 0 bridgehead atoms. The lowest BCUT2D eigenvalue weighted by atomic mass is 10.0. The molecule has 11 heteroatoms. The number of halogens is 3. The maximum atomic E-state index is 13.0. The molecule has 1 N–H and O–H groups in total. The molecule has 1 saturated heterocycles. The van der Waals surface area contributed by atoms with Gasteiger partial charge in [-0.1, -0.05) is 0 Å². The van der Waals surface area contributed by atoms with Gasteiger partial charge in [-0.2, -0.15) is 18.3 Å². The van der Waals surface area contributed by atoms with Crippen LogP contribution < -0.4 is 10.2 Å². The fraction of sp³-hybridized carbons (Fsp3) is 0.579. The maximum Gasteiger partial charge on any atom is 0.433 e. The van der Waals surface area contributed by atoms with Crippen LogP contribution in [0.25, 0.3) is 0 Å². The minimum Gasteiger partial charge on any atom is -0.376 e. The van der Waals surface area contributed by atoms with Gasteiger partial charge in [0.15, 0.2) is 5.82 Å². The molecule has 0 saturated carbocycles. The van der Waals surface area contributed by atoms with Crippen LogP contribution in [0, 0.1) is 12.8 Å². The highest BCUT2D eigenvalue weighted by molar-refractivity contribution is 6.02. The molecule has 0 radical (unpaired) electrons. The highest BCUT2D eigenvalue weighted by Gasteiger charge is 2.36. The molecule has 3 atom stereocenters. The Kier molecular flexibility index (Phi) is 5.16. The second-order valence-electron chi connectivity index (χ2n) is 7.86. The van der Waals surface area contributed by atoms with Gasteiger partial charge in [-0.05, 0) is 32.3 Å². The summed E-state index contributed by atoms with van der Waals surface area (Å²) < 4.78 is 45.8. The molecule has 2 aromatic rings. The molecular formula is C19H23F3N6O2. The number of carbonyl (C=O) groups excluding carboxylic acids is 1. The zero-order chi connectivity index (χ0) is 21.6. The first-order valence-electron chi connectivity index (χ1n) is 9.75. The molecule has 8 nitrogen and oxygen atoms in total. The van der Waals surface area contributed by atoms with Crippen molar-refractivity contribution >= 4 is 17.4 Å². The topological polar surface area (TPSA) is 85.2 Å². The van der Waals surface area contributed by atoms with E-state index in [1.54, 1.807) is 6.92 Å². The molecule has 162 valence electrons. The first-order valence-corrected chi connectivity index (χ1v) is 9.75. The number of aromatic nitrogens is 4. The highest BCUT2D eigenvalue weighted by atomic mass is 19.4. The van der Waals surface area contributed by atoms with Gasteiger partial charge in [0, 0.05) is 19.7 Å². The molecule has 1 amide bonds. The summed E-state index contributed by atoms with van der Waals surface area (Å²) in [4.78, 5) is 23.0. The van der Waals surface area contributed by atoms with Crippen molar-refractivity contribution in [3.63, 3.8) is 0 Å². The van der Waals surface area contributed by atoms with E-state index < -0.39 is 11.9 Å². The van der Waals surface area contributed by atoms with Crippen molar-refractivity contribution in [3.8, 4) is 0 Å². The predicted octanol–water partition coefficient (Wildman–Crippen LogP) is 2.42. The number of rotatable bonds is 4. The van der Waals surface area contributed by atoms with Crippen molar-refractivity contribution in [1.29, 1.82) is 0 Å². The number of hydrogen-bond donors (Lipinski definition) is 1. The normalized spacial score (nSPS) is 24.1. The van der Waals surface area contributed by atoms with Gasteiger partial charge in [0.25, 0.3) is 0 Å². The van der Waals surface area contributed by atoms with E-state index in [-0.39, 0.29) is 30.5 Å². The quantitative estimate of drug-likeness (QED) is 0.812. The van der Waals surface area contributed by atoms with E-state index >= 15 is 0 Å². The number of fused-ring (bicyclic) bond motifs is 1. The lowest BCUT2D eigenvalue weighted by Gasteiger charge is -2.32. The summed E-state index contributed by atoms with van der Waals surface area (Å²) in [5, 5.41) is 6.64. The van der Waals surface area contributed by atoms with E-state index in [0.717, 1.165) is 16.9 Å². The van der Waals surface area contributed by atoms with E-state index in [1.807, 2.05) is 18.9 Å². The molecule has 0 spiro atoms. The molecule has 4 rings (SSSR count). The lowest BCUT2D eigenvalue weighted by molar-refractivity contribution is -0.144. The van der Waals surface area contributed by atoms with E-state index in [1.165, 1.54) is 0 Å². The molecule has 0 unspecified atom stereocenters. The van der Waals surface area contributed by atoms with Crippen molar-refractivity contribution in [2.24, 2.45) is 5.92 Å². The van der Waals surface area contributed by atoms with Crippen LogP contribution in [-0.2, 0) is 28.7 Å². The average molecular weight is 424 g/mol. The minimum atomic E-state index is -4.44. The molecule has 1 fully saturated rings. The fourth-order valence-corrected chi connectivity index (χ4v) is 3.91. The van der Waals surface area contributed by atoms with E-state index in [0.29, 0.717) is 42.5 Å². The van der Waals surface area contributed by atoms with Crippen molar-refractivity contribution < 1.29 is 22.7 Å². The Balaban J connectivity index is 1.44. The molecule has 0 aromatic carbocycles. The van der Waals surface area contributed by atoms with Crippen molar-refractivity contribution in [3.05, 3.63) is 29.5 Å². The molecule has 2 aliphatic rings. The third kappa shape index (κ3) is 3.85. The van der Waals surface area contributed by atoms with Gasteiger partial charge in [-0.3, -0.25) is 9.48 Å². The maximum absolute atomic E-state index is 13.0. The zero-order valence-corrected chi connectivity index (χ0v) is 16.9. The van der Waals surface area contributed by atoms with Crippen molar-refractivity contribution in [2.45, 2.75) is 51.6 Å². The Bertz CT molecular complexity index is 960. The molecule has 2 aliphatic heterocycles. The first-order chi connectivity index (χ1) is 14.1. The van der Waals surface area contributed by atoms with Gasteiger partial charge in [0.05, 0.1) is 24.9 Å². The van der Waals surface area contributed by atoms with Gasteiger partial charge in [-0.25, -0.2) is 9.97 Å². The Morgan fingerprint density at radius 2 is 2.10 bits per heavy atom. The Labute approximate surface area is 171 Å². The van der Waals surface area contributed by atoms with Gasteiger partial charge < -0.3 is 15.0 Å². The third-order valence-electron chi connectivity index (χ3n) is 5.68. The Morgan fingerprint density at radius 3 is 2.83 bits per heavy atom. The number of alkyl halides is 3. The van der Waals surface area contributed by atoms with E-state index in [4.69, 9.17) is 4.74 Å². The van der Waals surface area contributed by atoms with Crippen LogP contribution in [0.15, 0.2) is 12.3 Å². The van der Waals surface area contributed by atoms with E-state index in [2.05, 4.69) is 20.4 Å².